The minimum absolute atomic E-state index is 0.0385. The van der Waals surface area contributed by atoms with Gasteiger partial charge in [0.05, 0.1) is 6.61 Å². The van der Waals surface area contributed by atoms with Gasteiger partial charge in [-0.05, 0) is 83.5 Å². The van der Waals surface area contributed by atoms with E-state index in [2.05, 4.69) is 112 Å². The minimum Gasteiger partial charge on any atom is -0.462 e. The number of carbonyl (C=O) groups excluding carboxylic acids is 2. The van der Waals surface area contributed by atoms with Crippen molar-refractivity contribution in [1.82, 2.24) is 0 Å². The zero-order valence-electron chi connectivity index (χ0n) is 43.4. The fourth-order valence-corrected chi connectivity index (χ4v) is 7.52. The summed E-state index contributed by atoms with van der Waals surface area (Å²) in [5.74, 6) is -0.496. The Morgan fingerprint density at radius 1 is 0.348 bits per heavy atom. The molecule has 0 aliphatic carbocycles. The second kappa shape index (κ2) is 56.1. The Morgan fingerprint density at radius 2 is 0.742 bits per heavy atom. The molecule has 0 aromatic carbocycles. The van der Waals surface area contributed by atoms with Crippen LogP contribution in [-0.2, 0) is 23.8 Å². The van der Waals surface area contributed by atoms with Gasteiger partial charge in [-0.25, -0.2) is 0 Å². The van der Waals surface area contributed by atoms with Crippen LogP contribution in [0.3, 0.4) is 0 Å². The molecule has 0 aliphatic heterocycles. The Kier molecular flexibility index (Phi) is 53.4. The van der Waals surface area contributed by atoms with Crippen LogP contribution >= 0.6 is 0 Å². The molecule has 0 heterocycles. The molecule has 0 rings (SSSR count). The average molecular weight is 917 g/mol. The summed E-state index contributed by atoms with van der Waals surface area (Å²) in [6.45, 7) is 7.57. The summed E-state index contributed by atoms with van der Waals surface area (Å²) >= 11 is 0. The van der Waals surface area contributed by atoms with Crippen molar-refractivity contribution >= 4 is 11.9 Å². The van der Waals surface area contributed by atoms with Gasteiger partial charge in [0.2, 0.25) is 0 Å². The molecule has 0 N–H and O–H groups in total. The quantitative estimate of drug-likeness (QED) is 0.0346. The molecule has 0 saturated heterocycles. The molecule has 0 aromatic heterocycles. The Bertz CT molecular complexity index is 1270. The third kappa shape index (κ3) is 53.4. The maximum atomic E-state index is 12.8. The lowest BCUT2D eigenvalue weighted by Crippen LogP contribution is -2.30. The minimum atomic E-state index is -0.576. The smallest absolute Gasteiger partial charge is 0.306 e. The van der Waals surface area contributed by atoms with Crippen molar-refractivity contribution in [3.63, 3.8) is 0 Å². The zero-order valence-corrected chi connectivity index (χ0v) is 43.4. The van der Waals surface area contributed by atoms with E-state index in [1.54, 1.807) is 0 Å². The molecule has 66 heavy (non-hydrogen) atoms. The third-order valence-electron chi connectivity index (χ3n) is 11.6. The van der Waals surface area contributed by atoms with Crippen LogP contribution in [0.1, 0.15) is 252 Å². The number of ether oxygens (including phenoxy) is 3. The Hall–Kier alpha value is -3.18. The monoisotopic (exact) mass is 917 g/mol. The van der Waals surface area contributed by atoms with Gasteiger partial charge >= 0.3 is 11.9 Å². The van der Waals surface area contributed by atoms with E-state index in [4.69, 9.17) is 14.2 Å². The van der Waals surface area contributed by atoms with E-state index < -0.39 is 6.10 Å². The first-order chi connectivity index (χ1) is 32.6. The van der Waals surface area contributed by atoms with Crippen LogP contribution in [0.5, 0.6) is 0 Å². The van der Waals surface area contributed by atoms with Gasteiger partial charge in [-0.1, -0.05) is 253 Å². The van der Waals surface area contributed by atoms with Crippen molar-refractivity contribution in [2.75, 3.05) is 19.8 Å². The van der Waals surface area contributed by atoms with Crippen LogP contribution in [0.15, 0.2) is 97.2 Å². The Morgan fingerprint density at radius 3 is 1.21 bits per heavy atom. The number of carbonyl (C=O) groups is 2. The summed E-state index contributed by atoms with van der Waals surface area (Å²) < 4.78 is 17.4. The molecule has 0 radical (unpaired) electrons. The standard InChI is InChI=1S/C61H104O5/c1-4-7-10-13-16-19-22-25-28-30-31-33-34-36-39-42-45-48-51-54-60(62)65-58-59(57-64-56-53-50-47-44-41-38-27-24-21-18-15-12-9-6-3)66-61(63)55-52-49-46-43-40-37-35-32-29-26-23-20-17-14-11-8-5-2/h7,10,12,15-16,19,21,24-25,28,31,33,36,39,45,48,59H,4-6,8-9,11,13-14,17-18,20,22-23,26-27,29-30,32,34-35,37-38,40-44,46-47,49-58H2,1-3H3/b10-7-,15-12-,19-16-,24-21-,28-25-,33-31-,39-36-,48-45-. The van der Waals surface area contributed by atoms with Gasteiger partial charge in [-0.3, -0.25) is 9.59 Å². The van der Waals surface area contributed by atoms with Crippen LogP contribution in [0.2, 0.25) is 0 Å². The van der Waals surface area contributed by atoms with Gasteiger partial charge in [-0.15, -0.1) is 0 Å². The summed E-state index contributed by atoms with van der Waals surface area (Å²) in [7, 11) is 0. The molecule has 5 nitrogen and oxygen atoms in total. The van der Waals surface area contributed by atoms with Crippen molar-refractivity contribution in [2.24, 2.45) is 0 Å². The molecular weight excluding hydrogens is 813 g/mol. The fraction of sp³-hybridized carbons (Fsp3) is 0.705. The zero-order chi connectivity index (χ0) is 47.7. The number of hydrogen-bond donors (Lipinski definition) is 0. The lowest BCUT2D eigenvalue weighted by atomic mass is 10.0. The normalized spacial score (nSPS) is 13.0. The van der Waals surface area contributed by atoms with Crippen molar-refractivity contribution in [3.8, 4) is 0 Å². The molecule has 5 heteroatoms. The lowest BCUT2D eigenvalue weighted by molar-refractivity contribution is -0.162. The Labute approximate surface area is 409 Å². The highest BCUT2D eigenvalue weighted by molar-refractivity contribution is 5.70. The maximum Gasteiger partial charge on any atom is 0.306 e. The third-order valence-corrected chi connectivity index (χ3v) is 11.6. The SMILES string of the molecule is CC/C=C\C/C=C\C/C=C\C/C=C\C/C=C\C/C=C\CCC(=O)OCC(COCCCCCCCC/C=C\C/C=C\CCC)OC(=O)CCCCCCCCCCCCCCCCCCC. The second-order valence-electron chi connectivity index (χ2n) is 18.1. The lowest BCUT2D eigenvalue weighted by Gasteiger charge is -2.18. The maximum absolute atomic E-state index is 12.8. The molecule has 378 valence electrons. The van der Waals surface area contributed by atoms with Crippen molar-refractivity contribution in [1.29, 1.82) is 0 Å². The van der Waals surface area contributed by atoms with E-state index >= 15 is 0 Å². The summed E-state index contributed by atoms with van der Waals surface area (Å²) in [4.78, 5) is 25.5. The number of unbranched alkanes of at least 4 members (excludes halogenated alkanes) is 23. The van der Waals surface area contributed by atoms with Gasteiger partial charge in [0, 0.05) is 19.4 Å². The van der Waals surface area contributed by atoms with Crippen LogP contribution in [0, 0.1) is 0 Å². The summed E-state index contributed by atoms with van der Waals surface area (Å²) in [6, 6.07) is 0. The van der Waals surface area contributed by atoms with Gasteiger partial charge in [-0.2, -0.15) is 0 Å². The molecule has 0 amide bonds. The van der Waals surface area contributed by atoms with Crippen LogP contribution in [-0.4, -0.2) is 37.9 Å². The average Bonchev–Trinajstić information content (AvgIpc) is 3.32. The van der Waals surface area contributed by atoms with Gasteiger partial charge in [0.25, 0.3) is 0 Å². The number of hydrogen-bond acceptors (Lipinski definition) is 5. The highest BCUT2D eigenvalue weighted by Gasteiger charge is 2.17. The molecule has 0 fully saturated rings. The highest BCUT2D eigenvalue weighted by Crippen LogP contribution is 2.15. The molecule has 0 spiro atoms. The highest BCUT2D eigenvalue weighted by atomic mass is 16.6. The molecular formula is C61H104O5. The van der Waals surface area contributed by atoms with E-state index in [0.29, 0.717) is 25.9 Å². The summed E-state index contributed by atoms with van der Waals surface area (Å²) in [6.07, 6.45) is 75.8. The van der Waals surface area contributed by atoms with Crippen molar-refractivity contribution in [3.05, 3.63) is 97.2 Å². The first-order valence-electron chi connectivity index (χ1n) is 27.8. The van der Waals surface area contributed by atoms with Gasteiger partial charge < -0.3 is 14.2 Å². The van der Waals surface area contributed by atoms with Gasteiger partial charge in [0.15, 0.2) is 6.10 Å². The molecule has 0 aromatic rings. The van der Waals surface area contributed by atoms with E-state index in [9.17, 15) is 9.59 Å². The number of rotatable bonds is 50. The van der Waals surface area contributed by atoms with Crippen molar-refractivity contribution < 1.29 is 23.8 Å². The predicted molar refractivity (Wildman–Crippen MR) is 288 cm³/mol. The molecule has 0 saturated carbocycles. The van der Waals surface area contributed by atoms with E-state index in [1.807, 2.05) is 6.08 Å². The number of esters is 2. The molecule has 0 aliphatic rings. The first-order valence-corrected chi connectivity index (χ1v) is 27.8. The van der Waals surface area contributed by atoms with E-state index in [-0.39, 0.29) is 25.2 Å². The summed E-state index contributed by atoms with van der Waals surface area (Å²) in [5, 5.41) is 0. The van der Waals surface area contributed by atoms with Crippen LogP contribution < -0.4 is 0 Å². The van der Waals surface area contributed by atoms with Gasteiger partial charge in [0.1, 0.15) is 6.61 Å². The van der Waals surface area contributed by atoms with Crippen LogP contribution in [0.25, 0.3) is 0 Å². The second-order valence-corrected chi connectivity index (χ2v) is 18.1. The predicted octanol–water partition coefficient (Wildman–Crippen LogP) is 19.0. The van der Waals surface area contributed by atoms with E-state index in [0.717, 1.165) is 77.0 Å². The largest absolute Gasteiger partial charge is 0.462 e. The summed E-state index contributed by atoms with van der Waals surface area (Å²) in [5.41, 5.74) is 0. The topological polar surface area (TPSA) is 61.8 Å². The molecule has 1 atom stereocenters. The Balaban J connectivity index is 4.39. The first kappa shape index (κ1) is 62.8. The number of allylic oxidation sites excluding steroid dienone is 16. The van der Waals surface area contributed by atoms with E-state index in [1.165, 1.54) is 135 Å². The fourth-order valence-electron chi connectivity index (χ4n) is 7.52. The molecule has 0 bridgehead atoms. The van der Waals surface area contributed by atoms with Crippen molar-refractivity contribution in [2.45, 2.75) is 258 Å². The molecule has 1 unspecified atom stereocenters. The van der Waals surface area contributed by atoms with Crippen LogP contribution in [0.4, 0.5) is 0 Å².